The molecule has 0 radical (unpaired) electrons. The van der Waals surface area contributed by atoms with E-state index in [2.05, 4.69) is 6.92 Å². The van der Waals surface area contributed by atoms with Crippen LogP contribution in [0.25, 0.3) is 0 Å². The Kier molecular flexibility index (Phi) is 7.39. The highest BCUT2D eigenvalue weighted by atomic mass is 16.5. The molecule has 4 heteroatoms. The zero-order valence-electron chi connectivity index (χ0n) is 15.7. The fourth-order valence-electron chi connectivity index (χ4n) is 2.68. The van der Waals surface area contributed by atoms with Crippen LogP contribution < -0.4 is 4.74 Å². The lowest BCUT2D eigenvalue weighted by Crippen LogP contribution is -2.10. The number of esters is 2. The normalized spacial score (nSPS) is 10.4. The number of rotatable bonds is 8. The topological polar surface area (TPSA) is 52.6 Å². The maximum absolute atomic E-state index is 12.3. The third kappa shape index (κ3) is 6.03. The average Bonchev–Trinajstić information content (AvgIpc) is 2.60. The first-order valence-electron chi connectivity index (χ1n) is 9.07. The number of unbranched alkanes of at least 4 members (excludes halogenated alkanes) is 3. The Bertz CT molecular complexity index is 727. The van der Waals surface area contributed by atoms with E-state index in [9.17, 15) is 9.59 Å². The molecular formula is C22H26O4. The van der Waals surface area contributed by atoms with Gasteiger partial charge in [0.15, 0.2) is 0 Å². The molecule has 26 heavy (non-hydrogen) atoms. The molecule has 0 unspecified atom stereocenters. The number of carbonyl (C=O) groups is 2. The average molecular weight is 354 g/mol. The van der Waals surface area contributed by atoms with Gasteiger partial charge >= 0.3 is 11.9 Å². The highest BCUT2D eigenvalue weighted by Gasteiger charge is 2.12. The number of hydrogen-bond acceptors (Lipinski definition) is 4. The lowest BCUT2D eigenvalue weighted by Gasteiger charge is -2.08. The van der Waals surface area contributed by atoms with Crippen molar-refractivity contribution in [1.29, 1.82) is 0 Å². The number of hydrogen-bond donors (Lipinski definition) is 0. The van der Waals surface area contributed by atoms with Crippen molar-refractivity contribution >= 4 is 11.9 Å². The van der Waals surface area contributed by atoms with E-state index in [1.807, 2.05) is 32.0 Å². The molecule has 138 valence electrons. The second-order valence-corrected chi connectivity index (χ2v) is 6.49. The molecule has 0 aliphatic heterocycles. The first kappa shape index (κ1) is 19.7. The zero-order valence-corrected chi connectivity index (χ0v) is 15.7. The molecule has 0 fully saturated rings. The molecule has 0 N–H and O–H groups in total. The van der Waals surface area contributed by atoms with Crippen LogP contribution in [-0.2, 0) is 4.74 Å². The summed E-state index contributed by atoms with van der Waals surface area (Å²) in [4.78, 5) is 24.2. The second kappa shape index (κ2) is 9.76. The molecule has 0 aliphatic carbocycles. The van der Waals surface area contributed by atoms with E-state index in [0.717, 1.165) is 36.8 Å². The molecule has 0 aromatic heterocycles. The third-order valence-electron chi connectivity index (χ3n) is 3.99. The van der Waals surface area contributed by atoms with Gasteiger partial charge in [0.1, 0.15) is 5.75 Å². The highest BCUT2D eigenvalue weighted by Crippen LogP contribution is 2.18. The first-order chi connectivity index (χ1) is 12.5. The minimum absolute atomic E-state index is 0.365. The fourth-order valence-corrected chi connectivity index (χ4v) is 2.68. The predicted octanol–water partition coefficient (Wildman–Crippen LogP) is 5.26. The van der Waals surface area contributed by atoms with Crippen LogP contribution in [0.3, 0.4) is 0 Å². The first-order valence-corrected chi connectivity index (χ1v) is 9.07. The molecule has 0 aliphatic rings. The summed E-state index contributed by atoms with van der Waals surface area (Å²) >= 11 is 0. The van der Waals surface area contributed by atoms with Crippen molar-refractivity contribution in [2.45, 2.75) is 46.5 Å². The van der Waals surface area contributed by atoms with Gasteiger partial charge in [-0.25, -0.2) is 9.59 Å². The lowest BCUT2D eigenvalue weighted by molar-refractivity contribution is 0.0497. The Hall–Kier alpha value is -2.62. The van der Waals surface area contributed by atoms with E-state index in [-0.39, 0.29) is 5.97 Å². The molecule has 2 rings (SSSR count). The molecule has 2 aromatic carbocycles. The molecule has 0 heterocycles. The monoisotopic (exact) mass is 354 g/mol. The second-order valence-electron chi connectivity index (χ2n) is 6.49. The largest absolute Gasteiger partial charge is 0.462 e. The van der Waals surface area contributed by atoms with E-state index >= 15 is 0 Å². The van der Waals surface area contributed by atoms with Crippen molar-refractivity contribution in [2.24, 2.45) is 0 Å². The summed E-state index contributed by atoms with van der Waals surface area (Å²) < 4.78 is 10.7. The molecule has 0 atom stereocenters. The summed E-state index contributed by atoms with van der Waals surface area (Å²) in [6.45, 7) is 6.47. The molecular weight excluding hydrogens is 328 g/mol. The van der Waals surface area contributed by atoms with E-state index in [1.54, 1.807) is 24.3 Å². The summed E-state index contributed by atoms with van der Waals surface area (Å²) in [6, 6.07) is 12.0. The van der Waals surface area contributed by atoms with Gasteiger partial charge in [-0.1, -0.05) is 32.3 Å². The van der Waals surface area contributed by atoms with E-state index < -0.39 is 5.97 Å². The summed E-state index contributed by atoms with van der Waals surface area (Å²) in [7, 11) is 0. The van der Waals surface area contributed by atoms with Gasteiger partial charge in [-0.05, 0) is 67.8 Å². The predicted molar refractivity (Wildman–Crippen MR) is 102 cm³/mol. The van der Waals surface area contributed by atoms with Crippen LogP contribution >= 0.6 is 0 Å². The molecule has 0 saturated heterocycles. The van der Waals surface area contributed by atoms with Gasteiger partial charge in [0, 0.05) is 0 Å². The standard InChI is InChI=1S/C22H26O4/c1-4-5-6-7-12-25-21(23)18-8-10-19(11-9-18)22(24)26-20-14-16(2)13-17(3)15-20/h8-11,13-15H,4-7,12H2,1-3H3. The Labute approximate surface area is 155 Å². The Morgan fingerprint density at radius 1 is 0.808 bits per heavy atom. The van der Waals surface area contributed by atoms with Crippen LogP contribution in [0.2, 0.25) is 0 Å². The van der Waals surface area contributed by atoms with E-state index in [4.69, 9.17) is 9.47 Å². The smallest absolute Gasteiger partial charge is 0.343 e. The highest BCUT2D eigenvalue weighted by molar-refractivity contribution is 5.94. The van der Waals surface area contributed by atoms with Gasteiger partial charge in [-0.15, -0.1) is 0 Å². The summed E-state index contributed by atoms with van der Waals surface area (Å²) in [5.41, 5.74) is 2.89. The summed E-state index contributed by atoms with van der Waals surface area (Å²) in [5.74, 6) is -0.298. The minimum atomic E-state index is -0.450. The Balaban J connectivity index is 1.91. The summed E-state index contributed by atoms with van der Waals surface area (Å²) in [5, 5.41) is 0. The lowest BCUT2D eigenvalue weighted by atomic mass is 10.1. The molecule has 2 aromatic rings. The SMILES string of the molecule is CCCCCCOC(=O)c1ccc(C(=O)Oc2cc(C)cc(C)c2)cc1. The van der Waals surface area contributed by atoms with Crippen LogP contribution in [0.4, 0.5) is 0 Å². The van der Waals surface area contributed by atoms with Crippen LogP contribution in [0.5, 0.6) is 5.75 Å². The fraction of sp³-hybridized carbons (Fsp3) is 0.364. The van der Waals surface area contributed by atoms with Crippen LogP contribution in [0.1, 0.15) is 64.4 Å². The molecule has 0 bridgehead atoms. The van der Waals surface area contributed by atoms with Crippen molar-refractivity contribution in [2.75, 3.05) is 6.61 Å². The van der Waals surface area contributed by atoms with Crippen LogP contribution in [0.15, 0.2) is 42.5 Å². The van der Waals surface area contributed by atoms with Crippen LogP contribution in [-0.4, -0.2) is 18.5 Å². The minimum Gasteiger partial charge on any atom is -0.462 e. The van der Waals surface area contributed by atoms with E-state index in [1.165, 1.54) is 0 Å². The summed E-state index contributed by atoms with van der Waals surface area (Å²) in [6.07, 6.45) is 4.23. The van der Waals surface area contributed by atoms with Gasteiger partial charge < -0.3 is 9.47 Å². The van der Waals surface area contributed by atoms with E-state index in [0.29, 0.717) is 23.5 Å². The van der Waals surface area contributed by atoms with Gasteiger partial charge in [-0.2, -0.15) is 0 Å². The molecule has 0 amide bonds. The molecule has 4 nitrogen and oxygen atoms in total. The number of aryl methyl sites for hydroxylation is 2. The van der Waals surface area contributed by atoms with Gasteiger partial charge in [0.25, 0.3) is 0 Å². The van der Waals surface area contributed by atoms with Crippen molar-refractivity contribution in [1.82, 2.24) is 0 Å². The van der Waals surface area contributed by atoms with Gasteiger partial charge in [0.05, 0.1) is 17.7 Å². The Morgan fingerprint density at radius 3 is 1.96 bits per heavy atom. The molecule has 0 saturated carbocycles. The zero-order chi connectivity index (χ0) is 18.9. The third-order valence-corrected chi connectivity index (χ3v) is 3.99. The van der Waals surface area contributed by atoms with Gasteiger partial charge in [-0.3, -0.25) is 0 Å². The van der Waals surface area contributed by atoms with Crippen molar-refractivity contribution in [3.8, 4) is 5.75 Å². The van der Waals surface area contributed by atoms with Crippen LogP contribution in [0, 0.1) is 13.8 Å². The number of benzene rings is 2. The molecule has 0 spiro atoms. The maximum Gasteiger partial charge on any atom is 0.343 e. The number of ether oxygens (including phenoxy) is 2. The van der Waals surface area contributed by atoms with Crippen molar-refractivity contribution in [3.63, 3.8) is 0 Å². The van der Waals surface area contributed by atoms with Crippen molar-refractivity contribution < 1.29 is 19.1 Å². The quantitative estimate of drug-likeness (QED) is 0.369. The maximum atomic E-state index is 12.3. The number of carbonyl (C=O) groups excluding carboxylic acids is 2. The van der Waals surface area contributed by atoms with Gasteiger partial charge in [0.2, 0.25) is 0 Å². The van der Waals surface area contributed by atoms with Crippen molar-refractivity contribution in [3.05, 3.63) is 64.7 Å². The Morgan fingerprint density at radius 2 is 1.38 bits per heavy atom.